The molecular weight excluding hydrogens is 362 g/mol. The minimum atomic E-state index is -3.66. The van der Waals surface area contributed by atoms with E-state index in [1.54, 1.807) is 12.5 Å². The molecule has 0 saturated heterocycles. The highest BCUT2D eigenvalue weighted by molar-refractivity contribution is 7.89. The van der Waals surface area contributed by atoms with Crippen LogP contribution in [-0.2, 0) is 16.6 Å². The summed E-state index contributed by atoms with van der Waals surface area (Å²) < 4.78 is 34.2. The molecule has 0 unspecified atom stereocenters. The Kier molecular flexibility index (Phi) is 5.08. The zero-order valence-corrected chi connectivity index (χ0v) is 15.0. The summed E-state index contributed by atoms with van der Waals surface area (Å²) in [6.07, 6.45) is 5.23. The molecule has 1 heterocycles. The molecule has 0 saturated carbocycles. The Bertz CT molecular complexity index is 955. The normalized spacial score (nSPS) is 11.4. The van der Waals surface area contributed by atoms with E-state index in [0.717, 1.165) is 11.3 Å². The molecule has 1 N–H and O–H groups in total. The Morgan fingerprint density at radius 1 is 1.20 bits per heavy atom. The first-order valence-electron chi connectivity index (χ1n) is 7.40. The molecule has 130 valence electrons. The van der Waals surface area contributed by atoms with Crippen molar-refractivity contribution in [2.45, 2.75) is 11.4 Å². The zero-order valence-electron chi connectivity index (χ0n) is 13.4. The summed E-state index contributed by atoms with van der Waals surface area (Å²) in [5.74, 6) is 0.427. The van der Waals surface area contributed by atoms with Crippen LogP contribution in [0.25, 0.3) is 5.69 Å². The summed E-state index contributed by atoms with van der Waals surface area (Å²) in [5.41, 5.74) is 1.79. The Labute approximate surface area is 151 Å². The number of methoxy groups -OCH3 is 1. The summed E-state index contributed by atoms with van der Waals surface area (Å²) >= 11 is 5.99. The third-order valence-corrected chi connectivity index (χ3v) is 5.33. The van der Waals surface area contributed by atoms with Crippen LogP contribution in [0.3, 0.4) is 0 Å². The van der Waals surface area contributed by atoms with Crippen molar-refractivity contribution in [1.82, 2.24) is 14.3 Å². The molecular formula is C17H16ClN3O3S. The van der Waals surface area contributed by atoms with Crippen molar-refractivity contribution in [2.75, 3.05) is 7.11 Å². The molecule has 3 rings (SSSR count). The highest BCUT2D eigenvalue weighted by Gasteiger charge is 2.15. The quantitative estimate of drug-likeness (QED) is 0.716. The number of ether oxygens (including phenoxy) is 1. The summed E-state index contributed by atoms with van der Waals surface area (Å²) in [7, 11) is -2.19. The van der Waals surface area contributed by atoms with E-state index in [1.165, 1.54) is 25.3 Å². The van der Waals surface area contributed by atoms with Crippen LogP contribution < -0.4 is 9.46 Å². The van der Waals surface area contributed by atoms with Crippen LogP contribution in [0.2, 0.25) is 5.02 Å². The van der Waals surface area contributed by atoms with Gasteiger partial charge in [-0.25, -0.2) is 18.1 Å². The number of aromatic nitrogens is 2. The van der Waals surface area contributed by atoms with Gasteiger partial charge in [-0.15, -0.1) is 0 Å². The van der Waals surface area contributed by atoms with Gasteiger partial charge in [-0.1, -0.05) is 23.7 Å². The number of hydrogen-bond donors (Lipinski definition) is 1. The molecule has 0 aliphatic carbocycles. The van der Waals surface area contributed by atoms with Gasteiger partial charge >= 0.3 is 0 Å². The second-order valence-corrected chi connectivity index (χ2v) is 7.43. The van der Waals surface area contributed by atoms with Crippen LogP contribution in [0.1, 0.15) is 5.56 Å². The molecule has 1 aromatic heterocycles. The fourth-order valence-corrected chi connectivity index (χ4v) is 3.64. The molecule has 2 aromatic carbocycles. The zero-order chi connectivity index (χ0) is 17.9. The fraction of sp³-hybridized carbons (Fsp3) is 0.118. The van der Waals surface area contributed by atoms with Gasteiger partial charge in [0.25, 0.3) is 0 Å². The van der Waals surface area contributed by atoms with Crippen molar-refractivity contribution in [3.05, 3.63) is 71.8 Å². The maximum absolute atomic E-state index is 12.4. The van der Waals surface area contributed by atoms with E-state index in [4.69, 9.17) is 16.3 Å². The fourth-order valence-electron chi connectivity index (χ4n) is 2.27. The smallest absolute Gasteiger partial charge is 0.240 e. The Balaban J connectivity index is 1.71. The van der Waals surface area contributed by atoms with Crippen molar-refractivity contribution >= 4 is 21.6 Å². The lowest BCUT2D eigenvalue weighted by Gasteiger charge is -2.09. The van der Waals surface area contributed by atoms with Gasteiger partial charge < -0.3 is 9.30 Å². The third-order valence-electron chi connectivity index (χ3n) is 3.64. The molecule has 0 amide bonds. The molecule has 0 bridgehead atoms. The van der Waals surface area contributed by atoms with Gasteiger partial charge in [-0.2, -0.15) is 0 Å². The lowest BCUT2D eigenvalue weighted by molar-refractivity contribution is 0.414. The highest BCUT2D eigenvalue weighted by Crippen LogP contribution is 2.26. The van der Waals surface area contributed by atoms with Crippen LogP contribution >= 0.6 is 11.6 Å². The summed E-state index contributed by atoms with van der Waals surface area (Å²) in [6.45, 7) is 0.177. The molecule has 25 heavy (non-hydrogen) atoms. The number of hydrogen-bond acceptors (Lipinski definition) is 4. The SMILES string of the molecule is COc1ccc(S(=O)(=O)NCc2ccc(-n3ccnc3)cc2)cc1Cl. The predicted octanol–water partition coefficient (Wildman–Crippen LogP) is 3.01. The molecule has 0 atom stereocenters. The first-order valence-corrected chi connectivity index (χ1v) is 9.26. The summed E-state index contributed by atoms with van der Waals surface area (Å²) in [4.78, 5) is 4.09. The minimum Gasteiger partial charge on any atom is -0.495 e. The number of sulfonamides is 1. The van der Waals surface area contributed by atoms with Gasteiger partial charge in [-0.3, -0.25) is 0 Å². The van der Waals surface area contributed by atoms with E-state index in [9.17, 15) is 8.42 Å². The highest BCUT2D eigenvalue weighted by atomic mass is 35.5. The lowest BCUT2D eigenvalue weighted by Crippen LogP contribution is -2.23. The van der Waals surface area contributed by atoms with E-state index in [0.29, 0.717) is 5.75 Å². The first-order chi connectivity index (χ1) is 12.0. The largest absolute Gasteiger partial charge is 0.495 e. The average molecular weight is 378 g/mol. The predicted molar refractivity (Wildman–Crippen MR) is 95.6 cm³/mol. The van der Waals surface area contributed by atoms with Gasteiger partial charge in [0, 0.05) is 24.6 Å². The lowest BCUT2D eigenvalue weighted by atomic mass is 10.2. The molecule has 0 radical (unpaired) electrons. The number of benzene rings is 2. The Morgan fingerprint density at radius 3 is 2.56 bits per heavy atom. The number of halogens is 1. The van der Waals surface area contributed by atoms with E-state index >= 15 is 0 Å². The van der Waals surface area contributed by atoms with E-state index in [1.807, 2.05) is 35.0 Å². The van der Waals surface area contributed by atoms with Crippen molar-refractivity contribution in [1.29, 1.82) is 0 Å². The van der Waals surface area contributed by atoms with Crippen molar-refractivity contribution in [3.63, 3.8) is 0 Å². The first kappa shape index (κ1) is 17.5. The van der Waals surface area contributed by atoms with Gasteiger partial charge in [-0.05, 0) is 35.9 Å². The van der Waals surface area contributed by atoms with E-state index in [-0.39, 0.29) is 16.5 Å². The topological polar surface area (TPSA) is 73.2 Å². The number of rotatable bonds is 6. The molecule has 0 aliphatic heterocycles. The van der Waals surface area contributed by atoms with E-state index < -0.39 is 10.0 Å². The van der Waals surface area contributed by atoms with Gasteiger partial charge in [0.05, 0.1) is 23.4 Å². The van der Waals surface area contributed by atoms with Gasteiger partial charge in [0.1, 0.15) is 5.75 Å². The minimum absolute atomic E-state index is 0.0911. The van der Waals surface area contributed by atoms with Crippen molar-refractivity contribution in [3.8, 4) is 11.4 Å². The second-order valence-electron chi connectivity index (χ2n) is 5.26. The molecule has 0 spiro atoms. The standard InChI is InChI=1S/C17H16ClN3O3S/c1-24-17-7-6-15(10-16(17)18)25(22,23)20-11-13-2-4-14(5-3-13)21-9-8-19-12-21/h2-10,12,20H,11H2,1H3. The Morgan fingerprint density at radius 2 is 1.96 bits per heavy atom. The van der Waals surface area contributed by atoms with Crippen LogP contribution in [0.15, 0.2) is 66.1 Å². The molecule has 3 aromatic rings. The summed E-state index contributed by atoms with van der Waals surface area (Å²) in [6, 6.07) is 11.9. The molecule has 6 nitrogen and oxygen atoms in total. The Hall–Kier alpha value is -2.35. The average Bonchev–Trinajstić information content (AvgIpc) is 3.15. The second kappa shape index (κ2) is 7.26. The number of imidazole rings is 1. The van der Waals surface area contributed by atoms with E-state index in [2.05, 4.69) is 9.71 Å². The third kappa shape index (κ3) is 4.01. The summed E-state index contributed by atoms with van der Waals surface area (Å²) in [5, 5.41) is 0.245. The van der Waals surface area contributed by atoms with Gasteiger partial charge in [0.15, 0.2) is 0 Å². The molecule has 8 heteroatoms. The molecule has 0 aliphatic rings. The molecule has 0 fully saturated rings. The van der Waals surface area contributed by atoms with Crippen molar-refractivity contribution < 1.29 is 13.2 Å². The maximum Gasteiger partial charge on any atom is 0.240 e. The van der Waals surface area contributed by atoms with Crippen LogP contribution in [0.5, 0.6) is 5.75 Å². The monoisotopic (exact) mass is 377 g/mol. The van der Waals surface area contributed by atoms with Crippen molar-refractivity contribution in [2.24, 2.45) is 0 Å². The van der Waals surface area contributed by atoms with Crippen LogP contribution in [0, 0.1) is 0 Å². The number of nitrogens with zero attached hydrogens (tertiary/aromatic N) is 2. The maximum atomic E-state index is 12.4. The number of nitrogens with one attached hydrogen (secondary N) is 1. The van der Waals surface area contributed by atoms with Gasteiger partial charge in [0.2, 0.25) is 10.0 Å². The van der Waals surface area contributed by atoms with Crippen LogP contribution in [-0.4, -0.2) is 25.1 Å². The van der Waals surface area contributed by atoms with Crippen LogP contribution in [0.4, 0.5) is 0 Å².